The van der Waals surface area contributed by atoms with E-state index in [1.807, 2.05) is 0 Å². The summed E-state index contributed by atoms with van der Waals surface area (Å²) >= 11 is 0. The molecule has 2 aromatic rings. The number of hydrogen-bond acceptors (Lipinski definition) is 3. The summed E-state index contributed by atoms with van der Waals surface area (Å²) in [6.45, 7) is 1.40. The maximum Gasteiger partial charge on any atom is 0.262 e. The highest BCUT2D eigenvalue weighted by Crippen LogP contribution is 2.11. The number of carbonyl (C=O) groups is 1. The molecule has 0 saturated carbocycles. The van der Waals surface area contributed by atoms with Crippen LogP contribution < -0.4 is 0 Å². The molecule has 0 radical (unpaired) electrons. The molecule has 1 heterocycles. The number of nitrogens with zero attached hydrogens (tertiary/aromatic N) is 1. The van der Waals surface area contributed by atoms with Crippen molar-refractivity contribution in [3.8, 4) is 0 Å². The molecule has 1 aromatic carbocycles. The van der Waals surface area contributed by atoms with Gasteiger partial charge in [0, 0.05) is 13.3 Å². The Labute approximate surface area is 91.9 Å². The van der Waals surface area contributed by atoms with Crippen LogP contribution in [0.4, 0.5) is 4.39 Å². The minimum absolute atomic E-state index is 0.108. The molecule has 4 heteroatoms. The Kier molecular flexibility index (Phi) is 2.81. The van der Waals surface area contributed by atoms with Gasteiger partial charge in [0.15, 0.2) is 0 Å². The molecule has 0 spiro atoms. The number of benzene rings is 1. The van der Waals surface area contributed by atoms with Gasteiger partial charge in [-0.1, -0.05) is 12.1 Å². The first-order valence-electron chi connectivity index (χ1n) is 4.85. The van der Waals surface area contributed by atoms with Crippen molar-refractivity contribution in [3.63, 3.8) is 0 Å². The first-order valence-corrected chi connectivity index (χ1v) is 4.85. The highest BCUT2D eigenvalue weighted by Gasteiger charge is 2.08. The van der Waals surface area contributed by atoms with Crippen molar-refractivity contribution >= 4 is 5.78 Å². The van der Waals surface area contributed by atoms with Gasteiger partial charge in [-0.2, -0.15) is 0 Å². The molecule has 1 aromatic heterocycles. The molecule has 0 amide bonds. The number of rotatable bonds is 3. The van der Waals surface area contributed by atoms with E-state index in [0.717, 1.165) is 5.56 Å². The molecular weight excluding hydrogens is 209 g/mol. The minimum atomic E-state index is -0.272. The number of hydrogen-bond donors (Lipinski definition) is 0. The van der Waals surface area contributed by atoms with Crippen LogP contribution in [-0.4, -0.2) is 10.8 Å². The van der Waals surface area contributed by atoms with Gasteiger partial charge in [-0.3, -0.25) is 4.79 Å². The normalized spacial score (nSPS) is 10.4. The van der Waals surface area contributed by atoms with E-state index < -0.39 is 0 Å². The lowest BCUT2D eigenvalue weighted by Crippen LogP contribution is -1.90. The average Bonchev–Trinajstić information content (AvgIpc) is 2.70. The highest BCUT2D eigenvalue weighted by molar-refractivity contribution is 5.89. The zero-order valence-electron chi connectivity index (χ0n) is 8.74. The minimum Gasteiger partial charge on any atom is -0.439 e. The van der Waals surface area contributed by atoms with Crippen LogP contribution in [0.3, 0.4) is 0 Å². The summed E-state index contributed by atoms with van der Waals surface area (Å²) in [6.07, 6.45) is 2.01. The summed E-state index contributed by atoms with van der Waals surface area (Å²) < 4.78 is 17.9. The molecule has 0 aliphatic heterocycles. The van der Waals surface area contributed by atoms with Gasteiger partial charge in [-0.15, -0.1) is 0 Å². The smallest absolute Gasteiger partial charge is 0.262 e. The van der Waals surface area contributed by atoms with E-state index in [9.17, 15) is 9.18 Å². The second-order valence-corrected chi connectivity index (χ2v) is 3.49. The van der Waals surface area contributed by atoms with Gasteiger partial charge < -0.3 is 4.42 Å². The van der Waals surface area contributed by atoms with Crippen LogP contribution in [0, 0.1) is 5.82 Å². The second kappa shape index (κ2) is 4.26. The third-order valence-electron chi connectivity index (χ3n) is 2.15. The molecule has 0 aliphatic rings. The Morgan fingerprint density at radius 3 is 2.62 bits per heavy atom. The van der Waals surface area contributed by atoms with Gasteiger partial charge in [0.05, 0.1) is 6.20 Å². The monoisotopic (exact) mass is 219 g/mol. The number of oxazole rings is 1. The number of aromatic nitrogens is 1. The Hall–Kier alpha value is -1.97. The van der Waals surface area contributed by atoms with E-state index in [2.05, 4.69) is 4.98 Å². The van der Waals surface area contributed by atoms with Crippen LogP contribution in [0.25, 0.3) is 0 Å². The summed E-state index contributed by atoms with van der Waals surface area (Å²) in [5.74, 6) is 0.227. The van der Waals surface area contributed by atoms with Gasteiger partial charge in [0.25, 0.3) is 5.89 Å². The predicted molar refractivity (Wildman–Crippen MR) is 55.7 cm³/mol. The maximum atomic E-state index is 12.7. The SMILES string of the molecule is CC(=O)c1ncc(Cc2ccc(F)cc2)o1. The molecule has 82 valence electrons. The lowest BCUT2D eigenvalue weighted by atomic mass is 10.1. The van der Waals surface area contributed by atoms with Crippen LogP contribution in [-0.2, 0) is 6.42 Å². The number of halogens is 1. The van der Waals surface area contributed by atoms with E-state index in [1.54, 1.807) is 12.1 Å². The van der Waals surface area contributed by atoms with Crippen molar-refractivity contribution in [2.75, 3.05) is 0 Å². The van der Waals surface area contributed by atoms with Crippen molar-refractivity contribution in [3.05, 3.63) is 53.5 Å². The van der Waals surface area contributed by atoms with E-state index >= 15 is 0 Å². The molecule has 2 rings (SSSR count). The van der Waals surface area contributed by atoms with Crippen molar-refractivity contribution < 1.29 is 13.6 Å². The van der Waals surface area contributed by atoms with Gasteiger partial charge in [-0.05, 0) is 17.7 Å². The largest absolute Gasteiger partial charge is 0.439 e. The maximum absolute atomic E-state index is 12.7. The molecule has 0 fully saturated rings. The van der Waals surface area contributed by atoms with Crippen molar-refractivity contribution in [1.82, 2.24) is 4.98 Å². The van der Waals surface area contributed by atoms with Gasteiger partial charge in [0.2, 0.25) is 5.78 Å². The summed E-state index contributed by atoms with van der Waals surface area (Å²) in [6, 6.07) is 6.12. The van der Waals surface area contributed by atoms with Crippen LogP contribution in [0.2, 0.25) is 0 Å². The number of ketones is 1. The highest BCUT2D eigenvalue weighted by atomic mass is 19.1. The zero-order valence-corrected chi connectivity index (χ0v) is 8.74. The molecule has 0 unspecified atom stereocenters. The Balaban J connectivity index is 2.14. The fourth-order valence-electron chi connectivity index (χ4n) is 1.36. The Morgan fingerprint density at radius 2 is 2.06 bits per heavy atom. The van der Waals surface area contributed by atoms with E-state index in [0.29, 0.717) is 12.2 Å². The van der Waals surface area contributed by atoms with Crippen LogP contribution >= 0.6 is 0 Å². The van der Waals surface area contributed by atoms with Crippen molar-refractivity contribution in [1.29, 1.82) is 0 Å². The third-order valence-corrected chi connectivity index (χ3v) is 2.15. The molecular formula is C12H10FNO2. The molecule has 0 N–H and O–H groups in total. The average molecular weight is 219 g/mol. The topological polar surface area (TPSA) is 43.1 Å². The second-order valence-electron chi connectivity index (χ2n) is 3.49. The molecule has 0 aliphatic carbocycles. The van der Waals surface area contributed by atoms with Crippen molar-refractivity contribution in [2.45, 2.75) is 13.3 Å². The third kappa shape index (κ3) is 2.34. The van der Waals surface area contributed by atoms with E-state index in [4.69, 9.17) is 4.42 Å². The molecule has 0 atom stereocenters. The van der Waals surface area contributed by atoms with Crippen LogP contribution in [0.15, 0.2) is 34.9 Å². The summed E-state index contributed by atoms with van der Waals surface area (Å²) in [4.78, 5) is 14.8. The number of carbonyl (C=O) groups excluding carboxylic acids is 1. The van der Waals surface area contributed by atoms with E-state index in [1.165, 1.54) is 25.3 Å². The summed E-state index contributed by atoms with van der Waals surface area (Å²) in [7, 11) is 0. The summed E-state index contributed by atoms with van der Waals surface area (Å²) in [5, 5.41) is 0. The quantitative estimate of drug-likeness (QED) is 0.745. The molecule has 0 saturated heterocycles. The first kappa shape index (κ1) is 10.5. The predicted octanol–water partition coefficient (Wildman–Crippen LogP) is 2.61. The van der Waals surface area contributed by atoms with Gasteiger partial charge >= 0.3 is 0 Å². The first-order chi connectivity index (χ1) is 7.65. The lowest BCUT2D eigenvalue weighted by Gasteiger charge is -1.96. The van der Waals surface area contributed by atoms with E-state index in [-0.39, 0.29) is 17.5 Å². The Morgan fingerprint density at radius 1 is 1.38 bits per heavy atom. The molecule has 16 heavy (non-hydrogen) atoms. The molecule has 3 nitrogen and oxygen atoms in total. The lowest BCUT2D eigenvalue weighted by molar-refractivity contribution is 0.0979. The number of Topliss-reactive ketones (excluding diaryl/α,β-unsaturated/α-hetero) is 1. The Bertz CT molecular complexity index is 502. The van der Waals surface area contributed by atoms with Gasteiger partial charge in [-0.25, -0.2) is 9.37 Å². The fourth-order valence-corrected chi connectivity index (χ4v) is 1.36. The van der Waals surface area contributed by atoms with Gasteiger partial charge in [0.1, 0.15) is 11.6 Å². The standard InChI is InChI=1S/C12H10FNO2/c1-8(15)12-14-7-11(16-12)6-9-2-4-10(13)5-3-9/h2-5,7H,6H2,1H3. The zero-order chi connectivity index (χ0) is 11.5. The van der Waals surface area contributed by atoms with Crippen LogP contribution in [0.1, 0.15) is 28.9 Å². The summed E-state index contributed by atoms with van der Waals surface area (Å²) in [5.41, 5.74) is 0.910. The van der Waals surface area contributed by atoms with Crippen LogP contribution in [0.5, 0.6) is 0 Å². The molecule has 0 bridgehead atoms. The fraction of sp³-hybridized carbons (Fsp3) is 0.167. The van der Waals surface area contributed by atoms with Crippen molar-refractivity contribution in [2.24, 2.45) is 0 Å².